The summed E-state index contributed by atoms with van der Waals surface area (Å²) in [4.78, 5) is 4.22. The minimum absolute atomic E-state index is 0.243. The quantitative estimate of drug-likeness (QED) is 0.714. The van der Waals surface area contributed by atoms with Crippen molar-refractivity contribution < 1.29 is 8.42 Å². The number of aryl methyl sites for hydroxylation is 2. The first kappa shape index (κ1) is 17.3. The zero-order valence-corrected chi connectivity index (χ0v) is 15.2. The lowest BCUT2D eigenvalue weighted by Gasteiger charge is -2.07. The number of rotatable bonds is 6. The Morgan fingerprint density at radius 3 is 2.48 bits per heavy atom. The Kier molecular flexibility index (Phi) is 4.69. The summed E-state index contributed by atoms with van der Waals surface area (Å²) in [5.41, 5.74) is 2.90. The lowest BCUT2D eigenvalue weighted by Crippen LogP contribution is -2.28. The molecule has 3 aromatic heterocycles. The standard InChI is InChI=1S/C16H20N6O2S/c1-12-16(13(2)21(3)19-12)25(23,24)18-9-11-22-10-6-15(20-22)14-4-7-17-8-5-14/h4-8,10,18H,9,11H2,1-3H3. The fourth-order valence-electron chi connectivity index (χ4n) is 2.67. The van der Waals surface area contributed by atoms with Gasteiger partial charge in [0.2, 0.25) is 10.0 Å². The van der Waals surface area contributed by atoms with Crippen LogP contribution in [0.25, 0.3) is 11.3 Å². The van der Waals surface area contributed by atoms with Gasteiger partial charge >= 0.3 is 0 Å². The van der Waals surface area contributed by atoms with Crippen molar-refractivity contribution in [3.05, 3.63) is 48.2 Å². The first-order valence-corrected chi connectivity index (χ1v) is 9.30. The molecule has 0 aliphatic carbocycles. The highest BCUT2D eigenvalue weighted by molar-refractivity contribution is 7.89. The molecule has 3 aromatic rings. The predicted octanol–water partition coefficient (Wildman–Crippen LogP) is 1.27. The van der Waals surface area contributed by atoms with Gasteiger partial charge in [-0.2, -0.15) is 10.2 Å². The molecule has 8 nitrogen and oxygen atoms in total. The second-order valence-electron chi connectivity index (χ2n) is 5.72. The molecule has 9 heteroatoms. The van der Waals surface area contributed by atoms with E-state index in [-0.39, 0.29) is 11.4 Å². The first-order valence-electron chi connectivity index (χ1n) is 7.82. The Morgan fingerprint density at radius 2 is 1.84 bits per heavy atom. The highest BCUT2D eigenvalue weighted by Gasteiger charge is 2.23. The van der Waals surface area contributed by atoms with Gasteiger partial charge in [0.25, 0.3) is 0 Å². The van der Waals surface area contributed by atoms with E-state index in [1.165, 1.54) is 0 Å². The topological polar surface area (TPSA) is 94.7 Å². The number of hydrogen-bond acceptors (Lipinski definition) is 5. The van der Waals surface area contributed by atoms with Crippen LogP contribution in [0, 0.1) is 13.8 Å². The summed E-state index contributed by atoms with van der Waals surface area (Å²) in [6.07, 6.45) is 5.24. The number of hydrogen-bond donors (Lipinski definition) is 1. The van der Waals surface area contributed by atoms with Gasteiger partial charge in [-0.05, 0) is 32.0 Å². The van der Waals surface area contributed by atoms with Gasteiger partial charge in [-0.3, -0.25) is 14.3 Å². The lowest BCUT2D eigenvalue weighted by molar-refractivity contribution is 0.560. The van der Waals surface area contributed by atoms with Crippen molar-refractivity contribution in [1.82, 2.24) is 29.3 Å². The molecular formula is C16H20N6O2S. The molecule has 0 aromatic carbocycles. The molecule has 0 spiro atoms. The van der Waals surface area contributed by atoms with E-state index in [1.54, 1.807) is 42.7 Å². The molecule has 0 atom stereocenters. The number of pyridine rings is 1. The third-order valence-electron chi connectivity index (χ3n) is 3.96. The molecule has 0 amide bonds. The van der Waals surface area contributed by atoms with Crippen LogP contribution >= 0.6 is 0 Å². The molecule has 0 unspecified atom stereocenters. The normalized spacial score (nSPS) is 11.8. The van der Waals surface area contributed by atoms with E-state index in [2.05, 4.69) is 19.9 Å². The second-order valence-corrected chi connectivity index (χ2v) is 7.43. The highest BCUT2D eigenvalue weighted by atomic mass is 32.2. The number of aromatic nitrogens is 5. The molecule has 0 saturated carbocycles. The Morgan fingerprint density at radius 1 is 1.12 bits per heavy atom. The minimum atomic E-state index is -3.60. The average Bonchev–Trinajstić information content (AvgIpc) is 3.13. The molecule has 132 valence electrons. The van der Waals surface area contributed by atoms with Gasteiger partial charge in [-0.15, -0.1) is 0 Å². The van der Waals surface area contributed by atoms with Gasteiger partial charge in [-0.1, -0.05) is 0 Å². The van der Waals surface area contributed by atoms with Crippen molar-refractivity contribution in [2.75, 3.05) is 6.54 Å². The largest absolute Gasteiger partial charge is 0.271 e. The smallest absolute Gasteiger partial charge is 0.244 e. The van der Waals surface area contributed by atoms with Gasteiger partial charge in [0.05, 0.1) is 23.6 Å². The van der Waals surface area contributed by atoms with Crippen molar-refractivity contribution in [3.63, 3.8) is 0 Å². The maximum absolute atomic E-state index is 12.5. The summed E-state index contributed by atoms with van der Waals surface area (Å²) < 4.78 is 30.9. The minimum Gasteiger partial charge on any atom is -0.271 e. The molecule has 1 N–H and O–H groups in total. The summed E-state index contributed by atoms with van der Waals surface area (Å²) in [5.74, 6) is 0. The average molecular weight is 360 g/mol. The van der Waals surface area contributed by atoms with Crippen LogP contribution in [0.15, 0.2) is 41.7 Å². The van der Waals surface area contributed by atoms with Crippen molar-refractivity contribution in [1.29, 1.82) is 0 Å². The lowest BCUT2D eigenvalue weighted by atomic mass is 10.2. The summed E-state index contributed by atoms with van der Waals surface area (Å²) in [6, 6.07) is 5.64. The van der Waals surface area contributed by atoms with E-state index in [1.807, 2.05) is 24.4 Å². The summed E-state index contributed by atoms with van der Waals surface area (Å²) in [6.45, 7) is 4.11. The zero-order chi connectivity index (χ0) is 18.0. The summed E-state index contributed by atoms with van der Waals surface area (Å²) >= 11 is 0. The number of nitrogens with zero attached hydrogens (tertiary/aromatic N) is 5. The van der Waals surface area contributed by atoms with Gasteiger partial charge < -0.3 is 0 Å². The van der Waals surface area contributed by atoms with E-state index in [0.29, 0.717) is 17.9 Å². The Balaban J connectivity index is 1.66. The van der Waals surface area contributed by atoms with Crippen LogP contribution in [0.4, 0.5) is 0 Å². The van der Waals surface area contributed by atoms with Crippen LogP contribution in [-0.4, -0.2) is 39.5 Å². The maximum Gasteiger partial charge on any atom is 0.244 e. The van der Waals surface area contributed by atoms with Crippen molar-refractivity contribution >= 4 is 10.0 Å². The van der Waals surface area contributed by atoms with Gasteiger partial charge in [0, 0.05) is 37.7 Å². The Labute approximate surface area is 146 Å². The van der Waals surface area contributed by atoms with Crippen LogP contribution in [0.2, 0.25) is 0 Å². The van der Waals surface area contributed by atoms with Gasteiger partial charge in [0.1, 0.15) is 4.90 Å². The Bertz CT molecular complexity index is 975. The molecule has 0 fully saturated rings. The SMILES string of the molecule is Cc1nn(C)c(C)c1S(=O)(=O)NCCn1ccc(-c2ccncc2)n1. The molecule has 3 heterocycles. The highest BCUT2D eigenvalue weighted by Crippen LogP contribution is 2.18. The van der Waals surface area contributed by atoms with Gasteiger partial charge in [0.15, 0.2) is 0 Å². The number of sulfonamides is 1. The van der Waals surface area contributed by atoms with Crippen LogP contribution in [0.1, 0.15) is 11.4 Å². The molecule has 0 aliphatic heterocycles. The molecule has 0 saturated heterocycles. The molecular weight excluding hydrogens is 340 g/mol. The molecule has 0 radical (unpaired) electrons. The third-order valence-corrected chi connectivity index (χ3v) is 5.67. The van der Waals surface area contributed by atoms with Crippen molar-refractivity contribution in [2.24, 2.45) is 7.05 Å². The van der Waals surface area contributed by atoms with E-state index in [4.69, 9.17) is 0 Å². The predicted molar refractivity (Wildman–Crippen MR) is 93.3 cm³/mol. The van der Waals surface area contributed by atoms with Crippen molar-refractivity contribution in [3.8, 4) is 11.3 Å². The van der Waals surface area contributed by atoms with E-state index < -0.39 is 10.0 Å². The fourth-order valence-corrected chi connectivity index (χ4v) is 4.13. The number of nitrogens with one attached hydrogen (secondary N) is 1. The molecule has 3 rings (SSSR count). The summed E-state index contributed by atoms with van der Waals surface area (Å²) in [7, 11) is -1.87. The van der Waals surface area contributed by atoms with Gasteiger partial charge in [-0.25, -0.2) is 13.1 Å². The van der Waals surface area contributed by atoms with Crippen molar-refractivity contribution in [2.45, 2.75) is 25.3 Å². The van der Waals surface area contributed by atoms with E-state index >= 15 is 0 Å². The van der Waals surface area contributed by atoms with E-state index in [9.17, 15) is 8.42 Å². The third kappa shape index (κ3) is 3.62. The summed E-state index contributed by atoms with van der Waals surface area (Å²) in [5, 5.41) is 8.60. The maximum atomic E-state index is 12.5. The van der Waals surface area contributed by atoms with Crippen LogP contribution in [-0.2, 0) is 23.6 Å². The first-order chi connectivity index (χ1) is 11.9. The Hall–Kier alpha value is -2.52. The van der Waals surface area contributed by atoms with Crippen LogP contribution in [0.5, 0.6) is 0 Å². The molecule has 0 aliphatic rings. The molecule has 0 bridgehead atoms. The monoisotopic (exact) mass is 360 g/mol. The van der Waals surface area contributed by atoms with E-state index in [0.717, 1.165) is 11.3 Å². The zero-order valence-electron chi connectivity index (χ0n) is 14.3. The molecule has 25 heavy (non-hydrogen) atoms. The van der Waals surface area contributed by atoms with Crippen LogP contribution < -0.4 is 4.72 Å². The second kappa shape index (κ2) is 6.77. The van der Waals surface area contributed by atoms with Crippen LogP contribution in [0.3, 0.4) is 0 Å². The fraction of sp³-hybridized carbons (Fsp3) is 0.312.